The Bertz CT molecular complexity index is 950. The van der Waals surface area contributed by atoms with Crippen molar-refractivity contribution in [2.24, 2.45) is 0 Å². The fourth-order valence-electron chi connectivity index (χ4n) is 4.17. The molecule has 0 atom stereocenters. The highest BCUT2D eigenvalue weighted by atomic mass is 16.5. The molecule has 31 heavy (non-hydrogen) atoms. The number of nitrogens with zero attached hydrogens (tertiary/aromatic N) is 3. The lowest BCUT2D eigenvalue weighted by atomic mass is 10.1. The van der Waals surface area contributed by atoms with Crippen LogP contribution in [0, 0.1) is 0 Å². The second-order valence-corrected chi connectivity index (χ2v) is 7.89. The first-order valence-electron chi connectivity index (χ1n) is 10.9. The molecule has 6 heteroatoms. The largest absolute Gasteiger partial charge is 0.496 e. The Hall–Kier alpha value is -2.83. The lowest BCUT2D eigenvalue weighted by Gasteiger charge is -2.34. The van der Waals surface area contributed by atoms with Crippen molar-refractivity contribution in [3.63, 3.8) is 0 Å². The summed E-state index contributed by atoms with van der Waals surface area (Å²) in [5.74, 6) is 2.26. The molecule has 1 aromatic heterocycles. The van der Waals surface area contributed by atoms with Crippen LogP contribution in [0.3, 0.4) is 0 Å². The first-order chi connectivity index (χ1) is 15.3. The lowest BCUT2D eigenvalue weighted by molar-refractivity contribution is 0.125. The van der Waals surface area contributed by atoms with Crippen molar-refractivity contribution in [2.75, 3.05) is 46.9 Å². The van der Waals surface area contributed by atoms with Gasteiger partial charge in [0.25, 0.3) is 0 Å². The standard InChI is InChI=1S/C25H31N3O3/c1-29-22-12-7-6-11-21(22)24-25(30-2)23(31-26-24)13-8-14-27-15-17-28(18-16-27)19-20-9-4-3-5-10-20/h3-7,9-12H,8,13-19H2,1-2H3. The third-order valence-electron chi connectivity index (χ3n) is 5.87. The number of ether oxygens (including phenoxy) is 2. The summed E-state index contributed by atoms with van der Waals surface area (Å²) in [5, 5.41) is 4.28. The third-order valence-corrected chi connectivity index (χ3v) is 5.87. The average Bonchev–Trinajstić information content (AvgIpc) is 3.23. The summed E-state index contributed by atoms with van der Waals surface area (Å²) in [4.78, 5) is 5.07. The van der Waals surface area contributed by atoms with Crippen molar-refractivity contribution < 1.29 is 14.0 Å². The van der Waals surface area contributed by atoms with E-state index in [1.165, 1.54) is 5.56 Å². The van der Waals surface area contributed by atoms with Gasteiger partial charge in [-0.15, -0.1) is 0 Å². The van der Waals surface area contributed by atoms with Crippen LogP contribution in [0.2, 0.25) is 0 Å². The highest BCUT2D eigenvalue weighted by Crippen LogP contribution is 2.37. The maximum absolute atomic E-state index is 5.66. The molecule has 3 aromatic rings. The Balaban J connectivity index is 1.28. The summed E-state index contributed by atoms with van der Waals surface area (Å²) in [7, 11) is 3.33. The van der Waals surface area contributed by atoms with Gasteiger partial charge in [-0.05, 0) is 30.7 Å². The highest BCUT2D eigenvalue weighted by Gasteiger charge is 2.22. The van der Waals surface area contributed by atoms with Crippen LogP contribution in [-0.2, 0) is 13.0 Å². The first-order valence-corrected chi connectivity index (χ1v) is 10.9. The van der Waals surface area contributed by atoms with Crippen molar-refractivity contribution in [1.29, 1.82) is 0 Å². The number of aromatic nitrogens is 1. The van der Waals surface area contributed by atoms with Gasteiger partial charge >= 0.3 is 0 Å². The molecular weight excluding hydrogens is 390 g/mol. The van der Waals surface area contributed by atoms with Crippen LogP contribution in [0.25, 0.3) is 11.3 Å². The van der Waals surface area contributed by atoms with E-state index in [4.69, 9.17) is 14.0 Å². The van der Waals surface area contributed by atoms with Crippen LogP contribution < -0.4 is 9.47 Å². The van der Waals surface area contributed by atoms with Gasteiger partial charge in [0, 0.05) is 44.7 Å². The summed E-state index contributed by atoms with van der Waals surface area (Å²) < 4.78 is 16.8. The predicted molar refractivity (Wildman–Crippen MR) is 122 cm³/mol. The highest BCUT2D eigenvalue weighted by molar-refractivity contribution is 5.72. The van der Waals surface area contributed by atoms with E-state index in [1.54, 1.807) is 14.2 Å². The average molecular weight is 422 g/mol. The number of hydrogen-bond acceptors (Lipinski definition) is 6. The van der Waals surface area contributed by atoms with Crippen LogP contribution in [0.4, 0.5) is 0 Å². The number of benzene rings is 2. The molecule has 0 N–H and O–H groups in total. The molecule has 1 fully saturated rings. The molecular formula is C25H31N3O3. The van der Waals surface area contributed by atoms with E-state index in [9.17, 15) is 0 Å². The molecule has 2 aromatic carbocycles. The molecule has 0 aliphatic carbocycles. The quantitative estimate of drug-likeness (QED) is 0.518. The van der Waals surface area contributed by atoms with E-state index in [1.807, 2.05) is 24.3 Å². The normalized spacial score (nSPS) is 15.2. The number of para-hydroxylation sites is 1. The molecule has 0 saturated carbocycles. The minimum Gasteiger partial charge on any atom is -0.496 e. The zero-order valence-corrected chi connectivity index (χ0v) is 18.4. The van der Waals surface area contributed by atoms with E-state index in [-0.39, 0.29) is 0 Å². The minimum absolute atomic E-state index is 0.699. The Morgan fingerprint density at radius 3 is 2.32 bits per heavy atom. The predicted octanol–water partition coefficient (Wildman–Crippen LogP) is 4.11. The van der Waals surface area contributed by atoms with Crippen LogP contribution in [-0.4, -0.2) is 61.9 Å². The molecule has 1 aliphatic heterocycles. The van der Waals surface area contributed by atoms with E-state index in [0.29, 0.717) is 11.4 Å². The lowest BCUT2D eigenvalue weighted by Crippen LogP contribution is -2.46. The Morgan fingerprint density at radius 2 is 1.58 bits per heavy atom. The third kappa shape index (κ3) is 5.27. The molecule has 6 nitrogen and oxygen atoms in total. The SMILES string of the molecule is COc1ccccc1-c1noc(CCCN2CCN(Cc3ccccc3)CC2)c1OC. The van der Waals surface area contributed by atoms with Crippen LogP contribution >= 0.6 is 0 Å². The summed E-state index contributed by atoms with van der Waals surface area (Å²) in [6.45, 7) is 6.51. The van der Waals surface area contributed by atoms with Crippen molar-refractivity contribution in [1.82, 2.24) is 15.0 Å². The number of piperazine rings is 1. The minimum atomic E-state index is 0.699. The Labute approximate surface area is 184 Å². The van der Waals surface area contributed by atoms with Gasteiger partial charge < -0.3 is 18.9 Å². The fraction of sp³-hybridized carbons (Fsp3) is 0.400. The molecule has 1 saturated heterocycles. The zero-order valence-electron chi connectivity index (χ0n) is 18.4. The van der Waals surface area contributed by atoms with Gasteiger partial charge in [-0.25, -0.2) is 0 Å². The van der Waals surface area contributed by atoms with Crippen LogP contribution in [0.15, 0.2) is 59.1 Å². The molecule has 164 valence electrons. The molecule has 2 heterocycles. The van der Waals surface area contributed by atoms with Gasteiger partial charge in [0.05, 0.1) is 14.2 Å². The van der Waals surface area contributed by atoms with Crippen molar-refractivity contribution >= 4 is 0 Å². The maximum atomic E-state index is 5.66. The number of methoxy groups -OCH3 is 2. The molecule has 0 amide bonds. The Kier molecular flexibility index (Phi) is 7.22. The number of aryl methyl sites for hydroxylation is 1. The van der Waals surface area contributed by atoms with Crippen molar-refractivity contribution in [2.45, 2.75) is 19.4 Å². The van der Waals surface area contributed by atoms with Gasteiger partial charge in [-0.3, -0.25) is 4.90 Å². The van der Waals surface area contributed by atoms with E-state index in [2.05, 4.69) is 45.3 Å². The second kappa shape index (κ2) is 10.5. The summed E-state index contributed by atoms with van der Waals surface area (Å²) in [6.07, 6.45) is 1.81. The zero-order chi connectivity index (χ0) is 21.5. The van der Waals surface area contributed by atoms with Gasteiger partial charge in [0.1, 0.15) is 5.75 Å². The summed E-state index contributed by atoms with van der Waals surface area (Å²) in [6, 6.07) is 18.5. The topological polar surface area (TPSA) is 51.0 Å². The smallest absolute Gasteiger partial charge is 0.189 e. The first kappa shape index (κ1) is 21.4. The van der Waals surface area contributed by atoms with Crippen molar-refractivity contribution in [3.8, 4) is 22.8 Å². The molecule has 1 aliphatic rings. The molecule has 0 unspecified atom stereocenters. The fourth-order valence-corrected chi connectivity index (χ4v) is 4.17. The van der Waals surface area contributed by atoms with Gasteiger partial charge in [0.15, 0.2) is 17.2 Å². The molecule has 0 radical (unpaired) electrons. The van der Waals surface area contributed by atoms with Crippen LogP contribution in [0.5, 0.6) is 11.5 Å². The second-order valence-electron chi connectivity index (χ2n) is 7.89. The maximum Gasteiger partial charge on any atom is 0.189 e. The van der Waals surface area contributed by atoms with Crippen molar-refractivity contribution in [3.05, 3.63) is 65.9 Å². The van der Waals surface area contributed by atoms with Gasteiger partial charge in [0.2, 0.25) is 0 Å². The summed E-state index contributed by atoms with van der Waals surface area (Å²) in [5.41, 5.74) is 2.97. The van der Waals surface area contributed by atoms with Gasteiger partial charge in [-0.2, -0.15) is 0 Å². The van der Waals surface area contributed by atoms with E-state index in [0.717, 1.165) is 69.2 Å². The summed E-state index contributed by atoms with van der Waals surface area (Å²) >= 11 is 0. The molecule has 0 spiro atoms. The monoisotopic (exact) mass is 421 g/mol. The molecule has 0 bridgehead atoms. The Morgan fingerprint density at radius 1 is 0.871 bits per heavy atom. The van der Waals surface area contributed by atoms with Crippen LogP contribution in [0.1, 0.15) is 17.7 Å². The number of rotatable bonds is 9. The number of hydrogen-bond donors (Lipinski definition) is 0. The van der Waals surface area contributed by atoms with E-state index < -0.39 is 0 Å². The van der Waals surface area contributed by atoms with Gasteiger partial charge in [-0.1, -0.05) is 47.6 Å². The van der Waals surface area contributed by atoms with E-state index >= 15 is 0 Å². The molecule has 4 rings (SSSR count).